The first kappa shape index (κ1) is 32.7. The molecule has 0 fully saturated rings. The van der Waals surface area contributed by atoms with Gasteiger partial charge in [0, 0.05) is 11.8 Å². The fourth-order valence-electron chi connectivity index (χ4n) is 8.18. The van der Waals surface area contributed by atoms with Gasteiger partial charge in [-0.3, -0.25) is 4.98 Å². The molecule has 0 bridgehead atoms. The fourth-order valence-corrected chi connectivity index (χ4v) is 8.18. The molecule has 2 aromatic heterocycles. The van der Waals surface area contributed by atoms with Crippen LogP contribution in [0.3, 0.4) is 0 Å². The predicted molar refractivity (Wildman–Crippen MR) is 233 cm³/mol. The van der Waals surface area contributed by atoms with E-state index in [0.29, 0.717) is 5.92 Å². The Morgan fingerprint density at radius 3 is 1.51 bits per heavy atom. The van der Waals surface area contributed by atoms with Gasteiger partial charge >= 0.3 is 0 Å². The van der Waals surface area contributed by atoms with Crippen LogP contribution in [0.4, 0.5) is 0 Å². The summed E-state index contributed by atoms with van der Waals surface area (Å²) >= 11 is 0. The van der Waals surface area contributed by atoms with E-state index in [0.717, 1.165) is 22.6 Å². The first-order valence-electron chi connectivity index (χ1n) is 19.1. The lowest BCUT2D eigenvalue weighted by Gasteiger charge is -2.20. The Kier molecular flexibility index (Phi) is 8.03. The van der Waals surface area contributed by atoms with Crippen LogP contribution in [0.5, 0.6) is 0 Å². The van der Waals surface area contributed by atoms with Crippen LogP contribution in [-0.2, 0) is 0 Å². The topological polar surface area (TPSA) is 25.8 Å². The molecule has 0 radical (unpaired) electrons. The zero-order valence-corrected chi connectivity index (χ0v) is 30.9. The van der Waals surface area contributed by atoms with Crippen molar-refractivity contribution in [1.29, 1.82) is 0 Å². The largest absolute Gasteiger partial charge is 0.255 e. The van der Waals surface area contributed by atoms with Gasteiger partial charge in [0.15, 0.2) is 0 Å². The van der Waals surface area contributed by atoms with E-state index in [1.807, 2.05) is 30.5 Å². The first-order valence-corrected chi connectivity index (χ1v) is 19.1. The molecule has 0 aliphatic carbocycles. The summed E-state index contributed by atoms with van der Waals surface area (Å²) in [6.07, 6.45) is 1.81. The second-order valence-electron chi connectivity index (χ2n) is 14.8. The van der Waals surface area contributed by atoms with Crippen molar-refractivity contribution < 1.29 is 0 Å². The molecule has 0 atom stereocenters. The number of nitrogens with zero attached hydrogens (tertiary/aromatic N) is 2. The van der Waals surface area contributed by atoms with E-state index in [-0.39, 0.29) is 0 Å². The zero-order chi connectivity index (χ0) is 36.9. The minimum Gasteiger partial charge on any atom is -0.255 e. The van der Waals surface area contributed by atoms with Crippen LogP contribution in [0.2, 0.25) is 0 Å². The summed E-state index contributed by atoms with van der Waals surface area (Å²) in [4.78, 5) is 9.48. The van der Waals surface area contributed by atoms with E-state index < -0.39 is 0 Å². The fraction of sp³-hybridized carbons (Fsp3) is 0.0566. The van der Waals surface area contributed by atoms with Gasteiger partial charge in [0.2, 0.25) is 0 Å². The van der Waals surface area contributed by atoms with E-state index in [1.165, 1.54) is 82.0 Å². The molecule has 2 heteroatoms. The van der Waals surface area contributed by atoms with E-state index in [9.17, 15) is 0 Å². The van der Waals surface area contributed by atoms with Crippen LogP contribution in [0.15, 0.2) is 188 Å². The van der Waals surface area contributed by atoms with Crippen molar-refractivity contribution in [2.45, 2.75) is 19.8 Å². The lowest BCUT2D eigenvalue weighted by Crippen LogP contribution is -1.94. The molecular formula is C53H38N2. The molecule has 8 aromatic carbocycles. The Morgan fingerprint density at radius 1 is 0.345 bits per heavy atom. The zero-order valence-electron chi connectivity index (χ0n) is 30.9. The van der Waals surface area contributed by atoms with Crippen molar-refractivity contribution in [2.24, 2.45) is 0 Å². The van der Waals surface area contributed by atoms with Crippen LogP contribution in [0.25, 0.3) is 99.1 Å². The summed E-state index contributed by atoms with van der Waals surface area (Å²) in [6, 6.07) is 66.3. The normalized spacial score (nSPS) is 11.6. The third-order valence-corrected chi connectivity index (χ3v) is 11.1. The number of rotatable bonds is 6. The van der Waals surface area contributed by atoms with Crippen LogP contribution >= 0.6 is 0 Å². The van der Waals surface area contributed by atoms with Crippen molar-refractivity contribution in [2.75, 3.05) is 0 Å². The number of aromatic nitrogens is 2. The molecule has 2 heterocycles. The molecule has 10 rings (SSSR count). The van der Waals surface area contributed by atoms with E-state index in [1.54, 1.807) is 0 Å². The molecule has 0 N–H and O–H groups in total. The number of hydrogen-bond donors (Lipinski definition) is 0. The molecule has 55 heavy (non-hydrogen) atoms. The van der Waals surface area contributed by atoms with Crippen molar-refractivity contribution in [3.8, 4) is 56.0 Å². The SMILES string of the molecule is CC(C)c1ccc2c(-c3ccc4ccccc4c3)c3cc(-c4ccc(-c5cccc(-c6ccccn6)n5)cc4)ccc3c(-c3ccc4ccccc4c3)c2c1. The Hall–Kier alpha value is -6.90. The molecule has 0 amide bonds. The van der Waals surface area contributed by atoms with Crippen molar-refractivity contribution >= 4 is 43.1 Å². The smallest absolute Gasteiger partial charge is 0.0893 e. The Balaban J connectivity index is 1.20. The van der Waals surface area contributed by atoms with Crippen molar-refractivity contribution in [3.63, 3.8) is 0 Å². The Labute approximate surface area is 321 Å². The van der Waals surface area contributed by atoms with Gasteiger partial charge in [-0.15, -0.1) is 0 Å². The summed E-state index contributed by atoms with van der Waals surface area (Å²) in [5.41, 5.74) is 12.4. The molecule has 260 valence electrons. The lowest BCUT2D eigenvalue weighted by molar-refractivity contribution is 0.869. The average molecular weight is 703 g/mol. The highest BCUT2D eigenvalue weighted by atomic mass is 14.8. The van der Waals surface area contributed by atoms with Gasteiger partial charge in [0.05, 0.1) is 17.1 Å². The molecule has 2 nitrogen and oxygen atoms in total. The van der Waals surface area contributed by atoms with E-state index >= 15 is 0 Å². The molecule has 0 spiro atoms. The summed E-state index contributed by atoms with van der Waals surface area (Å²) < 4.78 is 0. The van der Waals surface area contributed by atoms with E-state index in [4.69, 9.17) is 4.98 Å². The standard InChI is InChI=1S/C53H38N2/c1-34(2)39-25-27-45-47(32-39)52(43-23-19-35-10-3-5-12-40(35)30-43)46-28-26-42(33-48(46)53(45)44-24-20-36-11-4-6-13-41(36)31-44)37-17-21-38(22-18-37)49-15-9-16-51(55-49)50-14-7-8-29-54-50/h3-34H,1-2H3. The minimum absolute atomic E-state index is 0.409. The van der Waals surface area contributed by atoms with Crippen LogP contribution in [-0.4, -0.2) is 9.97 Å². The van der Waals surface area contributed by atoms with E-state index in [2.05, 4.69) is 177 Å². The molecule has 0 unspecified atom stereocenters. The number of pyridine rings is 2. The summed E-state index contributed by atoms with van der Waals surface area (Å²) in [5, 5.41) is 10.0. The van der Waals surface area contributed by atoms with Gasteiger partial charge in [-0.25, -0.2) is 4.98 Å². The summed E-state index contributed by atoms with van der Waals surface area (Å²) in [6.45, 7) is 4.57. The van der Waals surface area contributed by atoms with Gasteiger partial charge in [-0.05, 0) is 130 Å². The van der Waals surface area contributed by atoms with Crippen LogP contribution in [0, 0.1) is 0 Å². The average Bonchev–Trinajstić information content (AvgIpc) is 3.25. The predicted octanol–water partition coefficient (Wildman–Crippen LogP) is 14.5. The monoisotopic (exact) mass is 702 g/mol. The Bertz CT molecular complexity index is 3050. The van der Waals surface area contributed by atoms with Gasteiger partial charge in [-0.2, -0.15) is 0 Å². The van der Waals surface area contributed by atoms with Gasteiger partial charge in [0.1, 0.15) is 0 Å². The minimum atomic E-state index is 0.409. The van der Waals surface area contributed by atoms with Gasteiger partial charge in [0.25, 0.3) is 0 Å². The second kappa shape index (κ2) is 13.5. The molecular weight excluding hydrogens is 665 g/mol. The maximum atomic E-state index is 4.96. The maximum absolute atomic E-state index is 4.96. The summed E-state index contributed by atoms with van der Waals surface area (Å²) in [5.74, 6) is 0.409. The molecule has 0 saturated carbocycles. The number of benzene rings is 8. The third-order valence-electron chi connectivity index (χ3n) is 11.1. The Morgan fingerprint density at radius 2 is 0.873 bits per heavy atom. The molecule has 0 aliphatic rings. The summed E-state index contributed by atoms with van der Waals surface area (Å²) in [7, 11) is 0. The van der Waals surface area contributed by atoms with Crippen LogP contribution < -0.4 is 0 Å². The quantitative estimate of drug-likeness (QED) is 0.161. The van der Waals surface area contributed by atoms with Gasteiger partial charge in [-0.1, -0.05) is 153 Å². The van der Waals surface area contributed by atoms with Crippen molar-refractivity contribution in [1.82, 2.24) is 9.97 Å². The first-order chi connectivity index (χ1) is 27.1. The molecule has 0 aliphatic heterocycles. The highest BCUT2D eigenvalue weighted by Crippen LogP contribution is 2.46. The molecule has 0 saturated heterocycles. The second-order valence-corrected chi connectivity index (χ2v) is 14.8. The van der Waals surface area contributed by atoms with Gasteiger partial charge < -0.3 is 0 Å². The number of fused-ring (bicyclic) bond motifs is 4. The lowest BCUT2D eigenvalue weighted by atomic mass is 9.83. The van der Waals surface area contributed by atoms with Crippen LogP contribution in [0.1, 0.15) is 25.3 Å². The highest BCUT2D eigenvalue weighted by Gasteiger charge is 2.19. The highest BCUT2D eigenvalue weighted by molar-refractivity contribution is 6.22. The van der Waals surface area contributed by atoms with Crippen molar-refractivity contribution in [3.05, 3.63) is 194 Å². The molecule has 10 aromatic rings. The number of hydrogen-bond acceptors (Lipinski definition) is 2. The third kappa shape index (κ3) is 5.93. The maximum Gasteiger partial charge on any atom is 0.0893 e.